The molecule has 100 valence electrons. The zero-order chi connectivity index (χ0) is 12.9. The fraction of sp³-hybridized carbons (Fsp3) is 0. The summed E-state index contributed by atoms with van der Waals surface area (Å²) >= 11 is 0. The summed E-state index contributed by atoms with van der Waals surface area (Å²) in [6, 6.07) is 0. The largest absolute Gasteiger partial charge is 0.478 e. The fourth-order valence-electron chi connectivity index (χ4n) is 0. The number of rotatable bonds is 3. The molecule has 0 aromatic rings. The van der Waals surface area contributed by atoms with Gasteiger partial charge in [-0.2, -0.15) is 0 Å². The van der Waals surface area contributed by atoms with Gasteiger partial charge in [-0.3, -0.25) is 0 Å². The van der Waals surface area contributed by atoms with E-state index in [2.05, 4.69) is 19.7 Å². The monoisotopic (exact) mass is 290 g/mol. The summed E-state index contributed by atoms with van der Waals surface area (Å²) in [7, 11) is 0. The van der Waals surface area contributed by atoms with Crippen LogP contribution in [0.3, 0.4) is 0 Å². The second kappa shape index (κ2) is 23.7. The maximum Gasteiger partial charge on any atom is 0.327 e. The van der Waals surface area contributed by atoms with Crippen molar-refractivity contribution in [3.05, 3.63) is 38.0 Å². The van der Waals surface area contributed by atoms with E-state index in [1.54, 1.807) is 0 Å². The molecule has 0 unspecified atom stereocenters. The molecule has 0 aromatic heterocycles. The number of carboxylic acid groups (broad SMARTS) is 3. The van der Waals surface area contributed by atoms with Crippen molar-refractivity contribution in [3.8, 4) is 0 Å². The Morgan fingerprint density at radius 2 is 0.765 bits per heavy atom. The van der Waals surface area contributed by atoms with E-state index < -0.39 is 17.9 Å². The van der Waals surface area contributed by atoms with Gasteiger partial charge in [-0.25, -0.2) is 14.4 Å². The van der Waals surface area contributed by atoms with Gasteiger partial charge in [0.1, 0.15) is 0 Å². The van der Waals surface area contributed by atoms with Crippen LogP contribution in [0.5, 0.6) is 0 Å². The molecular weight excluding hydrogens is 276 g/mol. The molecule has 8 heteroatoms. The first-order valence-corrected chi connectivity index (χ1v) is 3.37. The summed E-state index contributed by atoms with van der Waals surface area (Å²) < 4.78 is 0. The molecule has 0 saturated heterocycles. The van der Waals surface area contributed by atoms with Crippen molar-refractivity contribution in [2.24, 2.45) is 0 Å². The van der Waals surface area contributed by atoms with Crippen LogP contribution in [0.1, 0.15) is 0 Å². The van der Waals surface area contributed by atoms with Crippen LogP contribution >= 0.6 is 0 Å². The maximum absolute atomic E-state index is 9.25. The molecular formula is C9H14FeO7. The van der Waals surface area contributed by atoms with Gasteiger partial charge in [0, 0.05) is 35.3 Å². The van der Waals surface area contributed by atoms with Gasteiger partial charge in [-0.1, -0.05) is 19.7 Å². The first-order chi connectivity index (χ1) is 6.81. The van der Waals surface area contributed by atoms with Gasteiger partial charge < -0.3 is 20.8 Å². The zero-order valence-corrected chi connectivity index (χ0v) is 9.88. The molecule has 0 bridgehead atoms. The van der Waals surface area contributed by atoms with Crippen LogP contribution in [0.4, 0.5) is 0 Å². The molecule has 0 atom stereocenters. The Hall–Kier alpha value is -1.89. The summed E-state index contributed by atoms with van der Waals surface area (Å²) in [5.74, 6) is -2.94. The van der Waals surface area contributed by atoms with E-state index in [1.807, 2.05) is 0 Å². The van der Waals surface area contributed by atoms with E-state index in [4.69, 9.17) is 15.3 Å². The molecule has 0 heterocycles. The van der Waals surface area contributed by atoms with E-state index in [9.17, 15) is 14.4 Å². The van der Waals surface area contributed by atoms with Gasteiger partial charge in [0.2, 0.25) is 0 Å². The molecule has 5 N–H and O–H groups in total. The predicted molar refractivity (Wildman–Crippen MR) is 57.1 cm³/mol. The Balaban J connectivity index is -0.0000000400. The van der Waals surface area contributed by atoms with Gasteiger partial charge >= 0.3 is 17.9 Å². The summed E-state index contributed by atoms with van der Waals surface area (Å²) in [6.45, 7) is 8.88. The third-order valence-corrected chi connectivity index (χ3v) is 0.524. The van der Waals surface area contributed by atoms with Gasteiger partial charge in [0.25, 0.3) is 0 Å². The average molecular weight is 290 g/mol. The number of aliphatic carboxylic acids is 3. The molecule has 0 fully saturated rings. The molecule has 0 amide bonds. The number of carboxylic acids is 3. The summed E-state index contributed by atoms with van der Waals surface area (Å²) in [6.07, 6.45) is 2.50. The fourth-order valence-corrected chi connectivity index (χ4v) is 0. The average Bonchev–Trinajstić information content (AvgIpc) is 2.19. The van der Waals surface area contributed by atoms with E-state index in [-0.39, 0.29) is 22.5 Å². The summed E-state index contributed by atoms with van der Waals surface area (Å²) in [4.78, 5) is 27.8. The Morgan fingerprint density at radius 1 is 0.706 bits per heavy atom. The first-order valence-electron chi connectivity index (χ1n) is 3.37. The minimum Gasteiger partial charge on any atom is -0.478 e. The van der Waals surface area contributed by atoms with E-state index in [0.717, 1.165) is 18.2 Å². The van der Waals surface area contributed by atoms with E-state index >= 15 is 0 Å². The molecule has 0 aliphatic heterocycles. The Labute approximate surface area is 109 Å². The van der Waals surface area contributed by atoms with E-state index in [1.165, 1.54) is 0 Å². The Bertz CT molecular complexity index is 217. The van der Waals surface area contributed by atoms with Crippen LogP contribution in [0.25, 0.3) is 0 Å². The number of hydrogen-bond donors (Lipinski definition) is 3. The van der Waals surface area contributed by atoms with Crippen LogP contribution in [0.2, 0.25) is 0 Å². The molecule has 0 saturated carbocycles. The maximum atomic E-state index is 9.25. The molecule has 0 rings (SSSR count). The standard InChI is InChI=1S/3C3H4O2.Fe.H2O/c3*1-2-3(4)5;;/h3*2H,1H2,(H,4,5);;1H2. The normalized spacial score (nSPS) is 5.65. The van der Waals surface area contributed by atoms with Crippen molar-refractivity contribution < 1.29 is 52.2 Å². The van der Waals surface area contributed by atoms with Gasteiger partial charge in [-0.05, 0) is 0 Å². The summed E-state index contributed by atoms with van der Waals surface area (Å²) in [5.41, 5.74) is 0. The first kappa shape index (κ1) is 29.4. The van der Waals surface area contributed by atoms with Crippen molar-refractivity contribution in [1.82, 2.24) is 0 Å². The van der Waals surface area contributed by atoms with Crippen LogP contribution in [-0.4, -0.2) is 38.7 Å². The van der Waals surface area contributed by atoms with Crippen LogP contribution in [0, 0.1) is 0 Å². The second-order valence-corrected chi connectivity index (χ2v) is 1.63. The van der Waals surface area contributed by atoms with Gasteiger partial charge in [-0.15, -0.1) is 0 Å². The number of carbonyl (C=O) groups is 3. The van der Waals surface area contributed by atoms with Crippen molar-refractivity contribution in [2.45, 2.75) is 0 Å². The van der Waals surface area contributed by atoms with Crippen LogP contribution in [-0.2, 0) is 31.5 Å². The predicted octanol–water partition coefficient (Wildman–Crippen LogP) is -0.0562. The van der Waals surface area contributed by atoms with Crippen molar-refractivity contribution in [3.63, 3.8) is 0 Å². The molecule has 17 heavy (non-hydrogen) atoms. The number of hydrogen-bond acceptors (Lipinski definition) is 3. The minimum atomic E-state index is -0.981. The van der Waals surface area contributed by atoms with Crippen LogP contribution in [0.15, 0.2) is 38.0 Å². The zero-order valence-electron chi connectivity index (χ0n) is 8.77. The molecule has 7 nitrogen and oxygen atoms in total. The molecule has 0 aliphatic carbocycles. The van der Waals surface area contributed by atoms with Crippen molar-refractivity contribution in [2.75, 3.05) is 0 Å². The summed E-state index contributed by atoms with van der Waals surface area (Å²) in [5, 5.41) is 22.8. The third kappa shape index (κ3) is 123. The van der Waals surface area contributed by atoms with Crippen molar-refractivity contribution >= 4 is 17.9 Å². The third-order valence-electron chi connectivity index (χ3n) is 0.524. The molecule has 0 spiro atoms. The minimum absolute atomic E-state index is 0. The quantitative estimate of drug-likeness (QED) is 0.490. The Kier molecular flexibility index (Phi) is 41.1. The van der Waals surface area contributed by atoms with Crippen molar-refractivity contribution in [1.29, 1.82) is 0 Å². The molecule has 0 radical (unpaired) electrons. The second-order valence-electron chi connectivity index (χ2n) is 1.63. The van der Waals surface area contributed by atoms with Gasteiger partial charge in [0.15, 0.2) is 0 Å². The van der Waals surface area contributed by atoms with E-state index in [0.29, 0.717) is 0 Å². The SMILES string of the molecule is C=CC(=O)O.C=CC(=O)O.C=CC(=O)O.O.[Fe]. The van der Waals surface area contributed by atoms with Crippen LogP contribution < -0.4 is 0 Å². The molecule has 0 aliphatic rings. The smallest absolute Gasteiger partial charge is 0.327 e. The van der Waals surface area contributed by atoms with Gasteiger partial charge in [0.05, 0.1) is 0 Å². The topological polar surface area (TPSA) is 143 Å². The molecule has 0 aromatic carbocycles. The Morgan fingerprint density at radius 3 is 0.765 bits per heavy atom.